The van der Waals surface area contributed by atoms with Gasteiger partial charge in [-0.2, -0.15) is 0 Å². The quantitative estimate of drug-likeness (QED) is 0.496. The third-order valence-electron chi connectivity index (χ3n) is 4.51. The molecule has 1 fully saturated rings. The van der Waals surface area contributed by atoms with E-state index in [-0.39, 0.29) is 37.6 Å². The number of halogens is 1. The number of likely N-dealkylation sites (N-methyl/N-ethyl adjacent to an activating group) is 1. The molecule has 0 aliphatic carbocycles. The van der Waals surface area contributed by atoms with E-state index < -0.39 is 35.7 Å². The van der Waals surface area contributed by atoms with Crippen molar-refractivity contribution in [3.05, 3.63) is 35.6 Å². The molecule has 1 aromatic rings. The van der Waals surface area contributed by atoms with Gasteiger partial charge in [0.25, 0.3) is 0 Å². The van der Waals surface area contributed by atoms with Gasteiger partial charge in [-0.3, -0.25) is 33.8 Å². The summed E-state index contributed by atoms with van der Waals surface area (Å²) in [6.45, 7) is 1.49. The number of amides is 3. The molecular formula is C20H26FN3O7. The van der Waals surface area contributed by atoms with Crippen LogP contribution in [0.15, 0.2) is 24.3 Å². The van der Waals surface area contributed by atoms with Crippen LogP contribution in [0.5, 0.6) is 0 Å². The van der Waals surface area contributed by atoms with Crippen molar-refractivity contribution in [2.45, 2.75) is 44.8 Å². The molecule has 0 bridgehead atoms. The number of imide groups is 1. The number of hydrogen-bond acceptors (Lipinski definition) is 6. The summed E-state index contributed by atoms with van der Waals surface area (Å²) in [7, 11) is 3.42. The van der Waals surface area contributed by atoms with Crippen molar-refractivity contribution in [2.75, 3.05) is 14.1 Å². The summed E-state index contributed by atoms with van der Waals surface area (Å²) in [5.74, 6) is -3.81. The number of rotatable bonds is 8. The van der Waals surface area contributed by atoms with E-state index in [1.54, 1.807) is 37.2 Å². The van der Waals surface area contributed by atoms with Gasteiger partial charge in [-0.1, -0.05) is 18.2 Å². The minimum absolute atomic E-state index is 0.00315. The van der Waals surface area contributed by atoms with E-state index in [0.29, 0.717) is 5.56 Å². The first-order valence-electron chi connectivity index (χ1n) is 9.42. The van der Waals surface area contributed by atoms with Crippen LogP contribution in [0.2, 0.25) is 0 Å². The average Bonchev–Trinajstić information content (AvgIpc) is 2.99. The van der Waals surface area contributed by atoms with E-state index in [9.17, 15) is 28.4 Å². The molecule has 3 N–H and O–H groups in total. The van der Waals surface area contributed by atoms with Gasteiger partial charge in [-0.25, -0.2) is 4.39 Å². The molecule has 0 radical (unpaired) electrons. The van der Waals surface area contributed by atoms with E-state index >= 15 is 0 Å². The lowest BCUT2D eigenvalue weighted by atomic mass is 10.2. The van der Waals surface area contributed by atoms with Gasteiger partial charge in [0.2, 0.25) is 17.7 Å². The molecule has 2 rings (SSSR count). The largest absolute Gasteiger partial charge is 0.481 e. The molecule has 170 valence electrons. The maximum atomic E-state index is 13.5. The fraction of sp³-hybridized carbons (Fsp3) is 0.450. The minimum Gasteiger partial charge on any atom is -0.481 e. The fourth-order valence-corrected chi connectivity index (χ4v) is 2.75. The summed E-state index contributed by atoms with van der Waals surface area (Å²) in [5.41, 5.74) is 0.346. The van der Waals surface area contributed by atoms with Crippen LogP contribution in [-0.4, -0.2) is 75.9 Å². The fourth-order valence-electron chi connectivity index (χ4n) is 2.75. The predicted octanol–water partition coefficient (Wildman–Crippen LogP) is 0.455. The third kappa shape index (κ3) is 7.78. The van der Waals surface area contributed by atoms with E-state index in [4.69, 9.17) is 10.2 Å². The standard InChI is InChI=1S/C16H20FN3O3.C4H6O4/c1-10(20-14(21)8-13(16(20)23)19(2)3)15(22)18-9-11-6-4-5-7-12(11)17;5-3(6)1-2-4(7)8/h4-7,10,13H,8-9H2,1-3H3,(H,18,22);1-2H2,(H,5,6)(H,7,8). The lowest BCUT2D eigenvalue weighted by molar-refractivity contribution is -0.147. The monoisotopic (exact) mass is 439 g/mol. The number of carboxylic acid groups (broad SMARTS) is 2. The Hall–Kier alpha value is -3.34. The first-order chi connectivity index (χ1) is 14.5. The second-order valence-electron chi connectivity index (χ2n) is 7.06. The van der Waals surface area contributed by atoms with Crippen LogP contribution < -0.4 is 5.32 Å². The van der Waals surface area contributed by atoms with Gasteiger partial charge in [0.15, 0.2) is 0 Å². The number of aliphatic carboxylic acids is 2. The Labute approximate surface area is 178 Å². The van der Waals surface area contributed by atoms with Crippen molar-refractivity contribution in [3.63, 3.8) is 0 Å². The molecule has 1 saturated heterocycles. The van der Waals surface area contributed by atoms with Gasteiger partial charge in [0.05, 0.1) is 25.3 Å². The molecular weight excluding hydrogens is 413 g/mol. The Morgan fingerprint density at radius 2 is 1.71 bits per heavy atom. The van der Waals surface area contributed by atoms with Crippen LogP contribution in [0.1, 0.15) is 31.7 Å². The highest BCUT2D eigenvalue weighted by molar-refractivity contribution is 6.08. The van der Waals surface area contributed by atoms with Gasteiger partial charge in [-0.05, 0) is 27.1 Å². The molecule has 11 heteroatoms. The molecule has 2 atom stereocenters. The zero-order valence-corrected chi connectivity index (χ0v) is 17.5. The number of carbonyl (C=O) groups excluding carboxylic acids is 3. The van der Waals surface area contributed by atoms with E-state index in [1.807, 2.05) is 0 Å². The van der Waals surface area contributed by atoms with Crippen molar-refractivity contribution in [1.82, 2.24) is 15.1 Å². The Morgan fingerprint density at radius 3 is 2.16 bits per heavy atom. The third-order valence-corrected chi connectivity index (χ3v) is 4.51. The van der Waals surface area contributed by atoms with Crippen molar-refractivity contribution in [3.8, 4) is 0 Å². The van der Waals surface area contributed by atoms with E-state index in [2.05, 4.69) is 5.32 Å². The van der Waals surface area contributed by atoms with Gasteiger partial charge in [0.1, 0.15) is 11.9 Å². The maximum absolute atomic E-state index is 13.5. The molecule has 2 unspecified atom stereocenters. The van der Waals surface area contributed by atoms with Crippen LogP contribution in [0, 0.1) is 5.82 Å². The van der Waals surface area contributed by atoms with Gasteiger partial charge in [0, 0.05) is 12.1 Å². The highest BCUT2D eigenvalue weighted by Crippen LogP contribution is 2.19. The first-order valence-corrected chi connectivity index (χ1v) is 9.42. The summed E-state index contributed by atoms with van der Waals surface area (Å²) in [4.78, 5) is 58.4. The zero-order valence-electron chi connectivity index (χ0n) is 17.5. The molecule has 3 amide bonds. The maximum Gasteiger partial charge on any atom is 0.303 e. The van der Waals surface area contributed by atoms with Crippen LogP contribution in [0.25, 0.3) is 0 Å². The summed E-state index contributed by atoms with van der Waals surface area (Å²) < 4.78 is 13.5. The van der Waals surface area contributed by atoms with Gasteiger partial charge in [-0.15, -0.1) is 0 Å². The number of nitrogens with zero attached hydrogens (tertiary/aromatic N) is 2. The Balaban J connectivity index is 0.000000512. The lowest BCUT2D eigenvalue weighted by Gasteiger charge is -2.23. The van der Waals surface area contributed by atoms with Gasteiger partial charge >= 0.3 is 11.9 Å². The summed E-state index contributed by atoms with van der Waals surface area (Å²) >= 11 is 0. The van der Waals surface area contributed by atoms with E-state index in [0.717, 1.165) is 4.90 Å². The van der Waals surface area contributed by atoms with Crippen molar-refractivity contribution >= 4 is 29.7 Å². The molecule has 1 aliphatic heterocycles. The predicted molar refractivity (Wildman–Crippen MR) is 106 cm³/mol. The number of carbonyl (C=O) groups is 5. The topological polar surface area (TPSA) is 144 Å². The number of benzene rings is 1. The van der Waals surface area contributed by atoms with Crippen molar-refractivity contribution in [2.24, 2.45) is 0 Å². The Kier molecular flexibility index (Phi) is 9.74. The van der Waals surface area contributed by atoms with E-state index in [1.165, 1.54) is 13.0 Å². The molecule has 1 heterocycles. The van der Waals surface area contributed by atoms with Crippen LogP contribution >= 0.6 is 0 Å². The van der Waals surface area contributed by atoms with Crippen LogP contribution in [0.3, 0.4) is 0 Å². The number of hydrogen-bond donors (Lipinski definition) is 3. The summed E-state index contributed by atoms with van der Waals surface area (Å²) in [6, 6.07) is 4.64. The first kappa shape index (κ1) is 25.7. The smallest absolute Gasteiger partial charge is 0.303 e. The molecule has 31 heavy (non-hydrogen) atoms. The lowest BCUT2D eigenvalue weighted by Crippen LogP contribution is -2.49. The summed E-state index contributed by atoms with van der Waals surface area (Å²) in [6.07, 6.45) is -0.526. The minimum atomic E-state index is -1.08. The number of nitrogens with one attached hydrogen (secondary N) is 1. The molecule has 1 aromatic carbocycles. The number of likely N-dealkylation sites (tertiary alicyclic amines) is 1. The molecule has 0 saturated carbocycles. The Morgan fingerprint density at radius 1 is 1.16 bits per heavy atom. The van der Waals surface area contributed by atoms with Gasteiger partial charge < -0.3 is 15.5 Å². The highest BCUT2D eigenvalue weighted by atomic mass is 19.1. The molecule has 0 spiro atoms. The molecule has 10 nitrogen and oxygen atoms in total. The van der Waals surface area contributed by atoms with Crippen LogP contribution in [-0.2, 0) is 30.5 Å². The second kappa shape index (κ2) is 11.7. The van der Waals surface area contributed by atoms with Crippen LogP contribution in [0.4, 0.5) is 4.39 Å². The zero-order chi connectivity index (χ0) is 23.7. The van der Waals surface area contributed by atoms with Crippen molar-refractivity contribution < 1.29 is 38.6 Å². The highest BCUT2D eigenvalue weighted by Gasteiger charge is 2.43. The Bertz CT molecular complexity index is 830. The normalized spacial score (nSPS) is 16.5. The second-order valence-corrected chi connectivity index (χ2v) is 7.06. The SMILES string of the molecule is CC(C(=O)NCc1ccccc1F)N1C(=O)CC(N(C)C)C1=O.O=C(O)CCC(=O)O. The molecule has 0 aromatic heterocycles. The average molecular weight is 439 g/mol. The molecule has 1 aliphatic rings. The summed E-state index contributed by atoms with van der Waals surface area (Å²) in [5, 5.41) is 18.4. The van der Waals surface area contributed by atoms with Crippen molar-refractivity contribution in [1.29, 1.82) is 0 Å². The number of carboxylic acids is 2.